The number of carbonyl (C=O) groups is 3. The van der Waals surface area contributed by atoms with Crippen LogP contribution in [0.3, 0.4) is 0 Å². The highest BCUT2D eigenvalue weighted by atomic mass is 16.5. The van der Waals surface area contributed by atoms with Crippen molar-refractivity contribution in [3.8, 4) is 5.75 Å². The zero-order valence-electron chi connectivity index (χ0n) is 16.6. The summed E-state index contributed by atoms with van der Waals surface area (Å²) in [6.45, 7) is 1.67. The van der Waals surface area contributed by atoms with Crippen LogP contribution in [0.25, 0.3) is 0 Å². The first-order valence-corrected chi connectivity index (χ1v) is 9.95. The van der Waals surface area contributed by atoms with Gasteiger partial charge in [0.25, 0.3) is 5.91 Å². The summed E-state index contributed by atoms with van der Waals surface area (Å²) in [6.07, 6.45) is 5.26. The molecule has 0 radical (unpaired) electrons. The quantitative estimate of drug-likeness (QED) is 0.548. The molecule has 152 valence electrons. The Morgan fingerprint density at radius 2 is 1.79 bits per heavy atom. The van der Waals surface area contributed by atoms with Gasteiger partial charge in [0, 0.05) is 31.1 Å². The van der Waals surface area contributed by atoms with Gasteiger partial charge in [-0.25, -0.2) is 0 Å². The summed E-state index contributed by atoms with van der Waals surface area (Å²) in [4.78, 5) is 36.0. The van der Waals surface area contributed by atoms with Gasteiger partial charge in [-0.15, -0.1) is 0 Å². The third kappa shape index (κ3) is 6.17. The third-order valence-electron chi connectivity index (χ3n) is 5.05. The van der Waals surface area contributed by atoms with Crippen molar-refractivity contribution in [3.05, 3.63) is 59.7 Å². The molecule has 0 spiro atoms. The van der Waals surface area contributed by atoms with Crippen LogP contribution in [0.15, 0.2) is 48.5 Å². The van der Waals surface area contributed by atoms with Crippen molar-refractivity contribution in [1.29, 1.82) is 0 Å². The third-order valence-corrected chi connectivity index (χ3v) is 5.05. The SMILES string of the molecule is CC(=O)Oc1cccc(C(=O)Nc2ccccc2CNC(=O)CC2CCCC2)c1. The number of amides is 2. The summed E-state index contributed by atoms with van der Waals surface area (Å²) in [5.74, 6) is 0.101. The summed E-state index contributed by atoms with van der Waals surface area (Å²) in [5.41, 5.74) is 1.84. The normalized spacial score (nSPS) is 13.7. The molecule has 0 bridgehead atoms. The van der Waals surface area contributed by atoms with Crippen LogP contribution in [0.4, 0.5) is 5.69 Å². The van der Waals surface area contributed by atoms with E-state index in [-0.39, 0.29) is 11.8 Å². The van der Waals surface area contributed by atoms with Crippen molar-refractivity contribution in [2.45, 2.75) is 45.6 Å². The van der Waals surface area contributed by atoms with Gasteiger partial charge in [-0.2, -0.15) is 0 Å². The van der Waals surface area contributed by atoms with Crippen LogP contribution in [-0.4, -0.2) is 17.8 Å². The highest BCUT2D eigenvalue weighted by Crippen LogP contribution is 2.27. The number of para-hydroxylation sites is 1. The molecular formula is C23H26N2O4. The number of carbonyl (C=O) groups excluding carboxylic acids is 3. The maximum Gasteiger partial charge on any atom is 0.308 e. The second-order valence-electron chi connectivity index (χ2n) is 7.36. The minimum absolute atomic E-state index is 0.0483. The van der Waals surface area contributed by atoms with Gasteiger partial charge in [-0.05, 0) is 48.6 Å². The number of esters is 1. The van der Waals surface area contributed by atoms with Crippen molar-refractivity contribution in [3.63, 3.8) is 0 Å². The van der Waals surface area contributed by atoms with Crippen LogP contribution in [0.2, 0.25) is 0 Å². The minimum Gasteiger partial charge on any atom is -0.427 e. The van der Waals surface area contributed by atoms with Gasteiger partial charge in [-0.1, -0.05) is 37.1 Å². The Hall–Kier alpha value is -3.15. The number of anilines is 1. The molecule has 29 heavy (non-hydrogen) atoms. The van der Waals surface area contributed by atoms with E-state index in [9.17, 15) is 14.4 Å². The summed E-state index contributed by atoms with van der Waals surface area (Å²) in [6, 6.07) is 13.8. The van der Waals surface area contributed by atoms with E-state index in [0.717, 1.165) is 18.4 Å². The predicted molar refractivity (Wildman–Crippen MR) is 111 cm³/mol. The van der Waals surface area contributed by atoms with Gasteiger partial charge in [0.2, 0.25) is 5.91 Å². The van der Waals surface area contributed by atoms with E-state index in [1.54, 1.807) is 24.3 Å². The molecular weight excluding hydrogens is 368 g/mol. The van der Waals surface area contributed by atoms with E-state index in [0.29, 0.717) is 35.9 Å². The second-order valence-corrected chi connectivity index (χ2v) is 7.36. The van der Waals surface area contributed by atoms with Crippen LogP contribution in [0.5, 0.6) is 5.75 Å². The molecule has 1 saturated carbocycles. The molecule has 1 aliphatic rings. The molecule has 0 heterocycles. The lowest BCUT2D eigenvalue weighted by molar-refractivity contribution is -0.131. The Morgan fingerprint density at radius 3 is 2.55 bits per heavy atom. The molecule has 1 fully saturated rings. The van der Waals surface area contributed by atoms with E-state index in [1.165, 1.54) is 25.8 Å². The van der Waals surface area contributed by atoms with Gasteiger partial charge < -0.3 is 15.4 Å². The summed E-state index contributed by atoms with van der Waals surface area (Å²) in [5, 5.41) is 5.84. The molecule has 0 atom stereocenters. The Morgan fingerprint density at radius 1 is 1.03 bits per heavy atom. The number of ether oxygens (including phenoxy) is 1. The number of hydrogen-bond acceptors (Lipinski definition) is 4. The van der Waals surface area contributed by atoms with Gasteiger partial charge in [0.15, 0.2) is 0 Å². The fraction of sp³-hybridized carbons (Fsp3) is 0.348. The highest BCUT2D eigenvalue weighted by Gasteiger charge is 2.18. The zero-order chi connectivity index (χ0) is 20.6. The lowest BCUT2D eigenvalue weighted by Crippen LogP contribution is -2.25. The molecule has 0 aromatic heterocycles. The first-order valence-electron chi connectivity index (χ1n) is 9.95. The Kier molecular flexibility index (Phi) is 7.00. The molecule has 1 aliphatic carbocycles. The highest BCUT2D eigenvalue weighted by molar-refractivity contribution is 6.05. The van der Waals surface area contributed by atoms with Crippen LogP contribution < -0.4 is 15.4 Å². The zero-order valence-corrected chi connectivity index (χ0v) is 16.6. The van der Waals surface area contributed by atoms with Crippen molar-refractivity contribution in [1.82, 2.24) is 5.32 Å². The molecule has 3 rings (SSSR count). The van der Waals surface area contributed by atoms with E-state index < -0.39 is 5.97 Å². The van der Waals surface area contributed by atoms with Crippen molar-refractivity contribution >= 4 is 23.5 Å². The molecule has 0 aliphatic heterocycles. The average molecular weight is 394 g/mol. The minimum atomic E-state index is -0.443. The smallest absolute Gasteiger partial charge is 0.308 e. The van der Waals surface area contributed by atoms with Crippen molar-refractivity contribution in [2.24, 2.45) is 5.92 Å². The lowest BCUT2D eigenvalue weighted by Gasteiger charge is -2.13. The van der Waals surface area contributed by atoms with Crippen LogP contribution in [0, 0.1) is 5.92 Å². The molecule has 0 saturated heterocycles. The average Bonchev–Trinajstić information content (AvgIpc) is 3.20. The first-order chi connectivity index (χ1) is 14.0. The van der Waals surface area contributed by atoms with E-state index >= 15 is 0 Å². The molecule has 2 amide bonds. The van der Waals surface area contributed by atoms with Crippen LogP contribution >= 0.6 is 0 Å². The molecule has 0 unspecified atom stereocenters. The largest absolute Gasteiger partial charge is 0.427 e. The van der Waals surface area contributed by atoms with Gasteiger partial charge >= 0.3 is 5.97 Å². The second kappa shape index (κ2) is 9.87. The number of benzene rings is 2. The lowest BCUT2D eigenvalue weighted by atomic mass is 10.0. The standard InChI is InChI=1S/C23H26N2O4/c1-16(26)29-20-11-6-10-18(14-20)23(28)25-21-12-5-4-9-19(21)15-24-22(27)13-17-7-2-3-8-17/h4-6,9-12,14,17H,2-3,7-8,13,15H2,1H3,(H,24,27)(H,25,28). The number of rotatable bonds is 7. The molecule has 2 aromatic rings. The van der Waals surface area contributed by atoms with Crippen LogP contribution in [0.1, 0.15) is 54.9 Å². The van der Waals surface area contributed by atoms with Crippen molar-refractivity contribution < 1.29 is 19.1 Å². The number of nitrogens with one attached hydrogen (secondary N) is 2. The first kappa shape index (κ1) is 20.6. The fourth-order valence-corrected chi connectivity index (χ4v) is 3.60. The maximum atomic E-state index is 12.6. The fourth-order valence-electron chi connectivity index (χ4n) is 3.60. The predicted octanol–water partition coefficient (Wildman–Crippen LogP) is 4.06. The van der Waals surface area contributed by atoms with Gasteiger partial charge in [-0.3, -0.25) is 14.4 Å². The molecule has 6 heteroatoms. The summed E-state index contributed by atoms with van der Waals surface area (Å²) < 4.78 is 5.03. The monoisotopic (exact) mass is 394 g/mol. The molecule has 2 aromatic carbocycles. The Labute approximate surface area is 170 Å². The Balaban J connectivity index is 1.61. The van der Waals surface area contributed by atoms with E-state index in [4.69, 9.17) is 4.74 Å². The number of hydrogen-bond donors (Lipinski definition) is 2. The van der Waals surface area contributed by atoms with Gasteiger partial charge in [0.05, 0.1) is 0 Å². The summed E-state index contributed by atoms with van der Waals surface area (Å²) in [7, 11) is 0. The summed E-state index contributed by atoms with van der Waals surface area (Å²) >= 11 is 0. The maximum absolute atomic E-state index is 12.6. The van der Waals surface area contributed by atoms with E-state index in [2.05, 4.69) is 10.6 Å². The van der Waals surface area contributed by atoms with Crippen molar-refractivity contribution in [2.75, 3.05) is 5.32 Å². The van der Waals surface area contributed by atoms with E-state index in [1.807, 2.05) is 18.2 Å². The van der Waals surface area contributed by atoms with Gasteiger partial charge in [0.1, 0.15) is 5.75 Å². The topological polar surface area (TPSA) is 84.5 Å². The van der Waals surface area contributed by atoms with Crippen LogP contribution in [-0.2, 0) is 16.1 Å². The molecule has 2 N–H and O–H groups in total. The molecule has 6 nitrogen and oxygen atoms in total. The Bertz CT molecular complexity index is 888.